The lowest BCUT2D eigenvalue weighted by molar-refractivity contribution is -0.252. The summed E-state index contributed by atoms with van der Waals surface area (Å²) in [6, 6.07) is 0. The lowest BCUT2D eigenvalue weighted by Gasteiger charge is -2.73. The molecule has 5 saturated carbocycles. The van der Waals surface area contributed by atoms with Gasteiger partial charge in [-0.2, -0.15) is 0 Å². The third kappa shape index (κ3) is 4.93. The van der Waals surface area contributed by atoms with Crippen molar-refractivity contribution in [3.05, 3.63) is 24.0 Å². The van der Waals surface area contributed by atoms with Crippen molar-refractivity contribution in [1.82, 2.24) is 15.0 Å². The van der Waals surface area contributed by atoms with Crippen molar-refractivity contribution in [2.24, 2.45) is 56.7 Å². The summed E-state index contributed by atoms with van der Waals surface area (Å²) in [5.41, 5.74) is 2.27. The molecule has 5 aliphatic rings. The second-order valence-electron chi connectivity index (χ2n) is 17.2. The molecule has 6 rings (SSSR count). The Hall–Kier alpha value is -2.22. The van der Waals surface area contributed by atoms with Gasteiger partial charge >= 0.3 is 11.9 Å². The molecule has 5 fully saturated rings. The average molecular weight is 624 g/mol. The molecule has 1 aromatic rings. The Labute approximate surface area is 270 Å². The second-order valence-corrected chi connectivity index (χ2v) is 17.2. The zero-order valence-corrected chi connectivity index (χ0v) is 28.9. The van der Waals surface area contributed by atoms with E-state index in [4.69, 9.17) is 9.47 Å². The molecule has 10 atom stereocenters. The lowest BCUT2D eigenvalue weighted by atomic mass is 9.32. The Bertz CT molecular complexity index is 1340. The van der Waals surface area contributed by atoms with Crippen LogP contribution in [0.2, 0.25) is 0 Å². The van der Waals surface area contributed by atoms with Crippen molar-refractivity contribution in [3.63, 3.8) is 0 Å². The number of hydrogen-bond acceptors (Lipinski definition) is 7. The van der Waals surface area contributed by atoms with Crippen LogP contribution in [0.5, 0.6) is 0 Å². The Morgan fingerprint density at radius 1 is 0.933 bits per heavy atom. The van der Waals surface area contributed by atoms with Crippen LogP contribution < -0.4 is 0 Å². The molecule has 5 aliphatic carbocycles. The Morgan fingerprint density at radius 2 is 1.69 bits per heavy atom. The van der Waals surface area contributed by atoms with E-state index in [0.29, 0.717) is 48.4 Å². The maximum absolute atomic E-state index is 12.1. The zero-order valence-electron chi connectivity index (χ0n) is 28.9. The monoisotopic (exact) mass is 623 g/mol. The molecule has 0 saturated heterocycles. The minimum atomic E-state index is -0.188. The summed E-state index contributed by atoms with van der Waals surface area (Å²) >= 11 is 0. The van der Waals surface area contributed by atoms with E-state index in [1.807, 2.05) is 10.9 Å². The molecule has 8 heteroatoms. The van der Waals surface area contributed by atoms with Gasteiger partial charge in [-0.05, 0) is 110 Å². The van der Waals surface area contributed by atoms with Crippen molar-refractivity contribution in [2.75, 3.05) is 6.61 Å². The van der Waals surface area contributed by atoms with Gasteiger partial charge in [0.05, 0.1) is 26.0 Å². The van der Waals surface area contributed by atoms with Gasteiger partial charge in [0.1, 0.15) is 11.8 Å². The van der Waals surface area contributed by atoms with Gasteiger partial charge in [-0.3, -0.25) is 9.59 Å². The number of aliphatic hydroxyl groups is 1. The van der Waals surface area contributed by atoms with Crippen LogP contribution in [0.25, 0.3) is 0 Å². The molecule has 1 N–H and O–H groups in total. The van der Waals surface area contributed by atoms with Crippen LogP contribution in [0.15, 0.2) is 18.3 Å². The van der Waals surface area contributed by atoms with Crippen LogP contribution in [0.4, 0.5) is 0 Å². The summed E-state index contributed by atoms with van der Waals surface area (Å²) in [4.78, 5) is 24.2. The maximum Gasteiger partial charge on any atom is 0.302 e. The predicted octanol–water partition coefficient (Wildman–Crippen LogP) is 6.90. The smallest absolute Gasteiger partial charge is 0.302 e. The molecule has 45 heavy (non-hydrogen) atoms. The number of allylic oxidation sites excluding steroid dienone is 1. The van der Waals surface area contributed by atoms with Crippen LogP contribution in [-0.2, 0) is 32.2 Å². The molecule has 0 bridgehead atoms. The van der Waals surface area contributed by atoms with Crippen LogP contribution in [0, 0.1) is 56.7 Å². The van der Waals surface area contributed by atoms with Crippen molar-refractivity contribution < 1.29 is 24.2 Å². The Kier molecular flexibility index (Phi) is 8.14. The molecule has 0 aliphatic heterocycles. The minimum Gasteiger partial charge on any atom is -0.465 e. The van der Waals surface area contributed by atoms with E-state index in [-0.39, 0.29) is 51.7 Å². The van der Waals surface area contributed by atoms with Gasteiger partial charge < -0.3 is 14.6 Å². The molecule has 0 radical (unpaired) electrons. The van der Waals surface area contributed by atoms with E-state index in [0.717, 1.165) is 32.1 Å². The first kappa shape index (κ1) is 32.7. The summed E-state index contributed by atoms with van der Waals surface area (Å²) in [5, 5.41) is 17.9. The predicted molar refractivity (Wildman–Crippen MR) is 171 cm³/mol. The summed E-state index contributed by atoms with van der Waals surface area (Å²) in [6.45, 7) is 21.3. The molecule has 250 valence electrons. The molecule has 0 unspecified atom stereocenters. The van der Waals surface area contributed by atoms with Crippen molar-refractivity contribution in [3.8, 4) is 0 Å². The first-order valence-electron chi connectivity index (χ1n) is 17.6. The summed E-state index contributed by atoms with van der Waals surface area (Å²) < 4.78 is 13.6. The average Bonchev–Trinajstić information content (AvgIpc) is 3.58. The third-order valence-corrected chi connectivity index (χ3v) is 15.1. The van der Waals surface area contributed by atoms with Gasteiger partial charge in [-0.1, -0.05) is 52.0 Å². The first-order valence-corrected chi connectivity index (χ1v) is 17.6. The van der Waals surface area contributed by atoms with E-state index in [1.54, 1.807) is 6.92 Å². The summed E-state index contributed by atoms with van der Waals surface area (Å²) in [5.74, 6) is 2.07. The topological polar surface area (TPSA) is 104 Å². The van der Waals surface area contributed by atoms with Gasteiger partial charge in [0.15, 0.2) is 0 Å². The molecule has 0 aromatic carbocycles. The SMILES string of the molecule is C=C(Cn1cc(CO)nn1)[C@@H]1CC[C@]2(COC(C)=O)CC[C@]3(C)[C@H](CC[C@@H]4[C@@]5(C)CC[C@H](OC(C)=O)C(C)(C)[C@@H]5CC[C@]43C)[C@@H]12. The normalized spacial score (nSPS) is 43.3. The number of nitrogens with zero attached hydrogens (tertiary/aromatic N) is 3. The molecule has 1 heterocycles. The molecule has 0 spiro atoms. The number of fused-ring (bicyclic) bond motifs is 7. The molecular weight excluding hydrogens is 566 g/mol. The van der Waals surface area contributed by atoms with Crippen molar-refractivity contribution >= 4 is 11.9 Å². The fourth-order valence-electron chi connectivity index (χ4n) is 12.9. The number of ether oxygens (including phenoxy) is 2. The maximum atomic E-state index is 12.1. The summed E-state index contributed by atoms with van der Waals surface area (Å²) in [7, 11) is 0. The third-order valence-electron chi connectivity index (χ3n) is 15.1. The Balaban J connectivity index is 1.33. The number of carbonyl (C=O) groups excluding carboxylic acids is 2. The van der Waals surface area contributed by atoms with E-state index < -0.39 is 0 Å². The van der Waals surface area contributed by atoms with Crippen LogP contribution >= 0.6 is 0 Å². The first-order chi connectivity index (χ1) is 21.1. The number of esters is 2. The van der Waals surface area contributed by atoms with E-state index >= 15 is 0 Å². The van der Waals surface area contributed by atoms with E-state index in [2.05, 4.69) is 51.5 Å². The van der Waals surface area contributed by atoms with Crippen molar-refractivity contribution in [1.29, 1.82) is 0 Å². The number of hydrogen-bond donors (Lipinski definition) is 1. The zero-order chi connectivity index (χ0) is 32.6. The largest absolute Gasteiger partial charge is 0.465 e. The van der Waals surface area contributed by atoms with Crippen LogP contribution in [0.1, 0.15) is 118 Å². The molecule has 0 amide bonds. The van der Waals surface area contributed by atoms with Crippen molar-refractivity contribution in [2.45, 2.75) is 132 Å². The van der Waals surface area contributed by atoms with Gasteiger partial charge in [0.25, 0.3) is 0 Å². The standard InChI is InChI=1S/C37H57N3O5/c1-23(19-40-20-26(21-41)38-39-40)27-11-16-37(22-44-24(2)42)18-17-35(7)28(32(27)37)9-10-30-34(6)14-13-31(45-25(3)43)33(4,5)29(34)12-15-36(30,35)8/h20,27-32,41H,1,9-19,21-22H2,2-8H3/t27-,28+,29-,30+,31-,32+,34-,35+,36+,37+/m0/s1. The highest BCUT2D eigenvalue weighted by Crippen LogP contribution is 2.77. The van der Waals surface area contributed by atoms with Gasteiger partial charge in [0.2, 0.25) is 0 Å². The van der Waals surface area contributed by atoms with Crippen LogP contribution in [0.3, 0.4) is 0 Å². The van der Waals surface area contributed by atoms with Crippen LogP contribution in [-0.4, -0.2) is 44.7 Å². The Morgan fingerprint density at radius 3 is 2.36 bits per heavy atom. The van der Waals surface area contributed by atoms with Gasteiger partial charge in [-0.15, -0.1) is 5.10 Å². The lowest BCUT2D eigenvalue weighted by Crippen LogP contribution is -2.67. The number of aliphatic hydroxyl groups excluding tert-OH is 1. The second kappa shape index (κ2) is 11.2. The quantitative estimate of drug-likeness (QED) is 0.260. The van der Waals surface area contributed by atoms with Gasteiger partial charge in [0, 0.05) is 24.7 Å². The number of aromatic nitrogens is 3. The highest BCUT2D eigenvalue weighted by atomic mass is 16.5. The van der Waals surface area contributed by atoms with E-state index in [1.165, 1.54) is 44.6 Å². The molecule has 1 aromatic heterocycles. The fraction of sp³-hybridized carbons (Fsp3) is 0.838. The highest BCUT2D eigenvalue weighted by Gasteiger charge is 2.71. The fourth-order valence-corrected chi connectivity index (χ4v) is 12.9. The number of carbonyl (C=O) groups is 2. The minimum absolute atomic E-state index is 0.00960. The highest BCUT2D eigenvalue weighted by molar-refractivity contribution is 5.66. The van der Waals surface area contributed by atoms with Gasteiger partial charge in [-0.25, -0.2) is 4.68 Å². The van der Waals surface area contributed by atoms with E-state index in [9.17, 15) is 14.7 Å². The number of rotatable bonds is 7. The molecular formula is C37H57N3O5. The summed E-state index contributed by atoms with van der Waals surface area (Å²) in [6.07, 6.45) is 13.1. The molecule has 8 nitrogen and oxygen atoms in total.